The summed E-state index contributed by atoms with van der Waals surface area (Å²) in [5.41, 5.74) is 0.213. The SMILES string of the molecule is CC(C)C(C)(C)CNC(=O)C1CC1. The number of hydrogen-bond donors (Lipinski definition) is 1. The van der Waals surface area contributed by atoms with Gasteiger partial charge in [-0.15, -0.1) is 0 Å². The Bertz CT molecular complexity index is 192. The summed E-state index contributed by atoms with van der Waals surface area (Å²) in [6.07, 6.45) is 2.18. The molecule has 2 heteroatoms. The lowest BCUT2D eigenvalue weighted by Gasteiger charge is -2.29. The van der Waals surface area contributed by atoms with Crippen molar-refractivity contribution in [3.8, 4) is 0 Å². The van der Waals surface area contributed by atoms with Crippen molar-refractivity contribution in [2.24, 2.45) is 17.3 Å². The molecule has 1 aliphatic rings. The van der Waals surface area contributed by atoms with Crippen LogP contribution in [0.15, 0.2) is 0 Å². The van der Waals surface area contributed by atoms with Gasteiger partial charge in [-0.05, 0) is 24.2 Å². The molecule has 1 amide bonds. The second-order valence-electron chi connectivity index (χ2n) is 5.14. The highest BCUT2D eigenvalue weighted by Gasteiger charge is 2.31. The molecule has 0 bridgehead atoms. The molecule has 0 atom stereocenters. The Kier molecular flexibility index (Phi) is 2.99. The fraction of sp³-hybridized carbons (Fsp3) is 0.909. The lowest BCUT2D eigenvalue weighted by molar-refractivity contribution is -0.122. The molecule has 76 valence electrons. The standard InChI is InChI=1S/C11H21NO/c1-8(2)11(3,4)7-12-10(13)9-5-6-9/h8-9H,5-7H2,1-4H3,(H,12,13). The van der Waals surface area contributed by atoms with Crippen LogP contribution < -0.4 is 5.32 Å². The second kappa shape index (κ2) is 3.69. The molecular formula is C11H21NO. The monoisotopic (exact) mass is 183 g/mol. The van der Waals surface area contributed by atoms with Gasteiger partial charge in [-0.2, -0.15) is 0 Å². The molecule has 13 heavy (non-hydrogen) atoms. The van der Waals surface area contributed by atoms with Crippen LogP contribution in [-0.2, 0) is 4.79 Å². The van der Waals surface area contributed by atoms with Gasteiger partial charge >= 0.3 is 0 Å². The van der Waals surface area contributed by atoms with Crippen LogP contribution in [0.1, 0.15) is 40.5 Å². The molecule has 2 nitrogen and oxygen atoms in total. The molecule has 0 unspecified atom stereocenters. The van der Waals surface area contributed by atoms with Gasteiger partial charge in [-0.1, -0.05) is 27.7 Å². The highest BCUT2D eigenvalue weighted by atomic mass is 16.2. The molecule has 1 saturated carbocycles. The van der Waals surface area contributed by atoms with Crippen LogP contribution in [0.4, 0.5) is 0 Å². The third-order valence-corrected chi connectivity index (χ3v) is 3.23. The Hall–Kier alpha value is -0.530. The molecule has 0 heterocycles. The Morgan fingerprint density at radius 3 is 2.38 bits per heavy atom. The van der Waals surface area contributed by atoms with Gasteiger partial charge in [-0.25, -0.2) is 0 Å². The van der Waals surface area contributed by atoms with Crippen molar-refractivity contribution in [1.29, 1.82) is 0 Å². The topological polar surface area (TPSA) is 29.1 Å². The normalized spacial score (nSPS) is 17.6. The fourth-order valence-electron chi connectivity index (χ4n) is 1.01. The second-order valence-corrected chi connectivity index (χ2v) is 5.14. The summed E-state index contributed by atoms with van der Waals surface area (Å²) in [6.45, 7) is 9.60. The van der Waals surface area contributed by atoms with Crippen molar-refractivity contribution in [2.45, 2.75) is 40.5 Å². The zero-order valence-corrected chi connectivity index (χ0v) is 9.18. The predicted molar refractivity (Wildman–Crippen MR) is 54.4 cm³/mol. The first-order valence-electron chi connectivity index (χ1n) is 5.21. The Labute approximate surface area is 81.1 Å². The van der Waals surface area contributed by atoms with Crippen molar-refractivity contribution in [3.63, 3.8) is 0 Å². The summed E-state index contributed by atoms with van der Waals surface area (Å²) in [6, 6.07) is 0. The van der Waals surface area contributed by atoms with Crippen molar-refractivity contribution >= 4 is 5.91 Å². The molecule has 0 aromatic rings. The third-order valence-electron chi connectivity index (χ3n) is 3.23. The van der Waals surface area contributed by atoms with E-state index < -0.39 is 0 Å². The van der Waals surface area contributed by atoms with E-state index in [2.05, 4.69) is 33.0 Å². The minimum atomic E-state index is 0.213. The summed E-state index contributed by atoms with van der Waals surface area (Å²) < 4.78 is 0. The number of carbonyl (C=O) groups is 1. The maximum atomic E-state index is 11.4. The lowest BCUT2D eigenvalue weighted by Crippen LogP contribution is -2.37. The smallest absolute Gasteiger partial charge is 0.223 e. The summed E-state index contributed by atoms with van der Waals surface area (Å²) in [7, 11) is 0. The van der Waals surface area contributed by atoms with Crippen LogP contribution in [0.25, 0.3) is 0 Å². The van der Waals surface area contributed by atoms with Crippen LogP contribution in [0.2, 0.25) is 0 Å². The van der Waals surface area contributed by atoms with Gasteiger partial charge in [0, 0.05) is 12.5 Å². The van der Waals surface area contributed by atoms with E-state index in [0.29, 0.717) is 11.8 Å². The minimum Gasteiger partial charge on any atom is -0.355 e. The van der Waals surface area contributed by atoms with Gasteiger partial charge in [0.25, 0.3) is 0 Å². The largest absolute Gasteiger partial charge is 0.355 e. The molecule has 0 spiro atoms. The first kappa shape index (κ1) is 10.6. The molecule has 0 radical (unpaired) electrons. The van der Waals surface area contributed by atoms with E-state index in [1.165, 1.54) is 0 Å². The summed E-state index contributed by atoms with van der Waals surface area (Å²) in [5, 5.41) is 3.03. The average molecular weight is 183 g/mol. The lowest BCUT2D eigenvalue weighted by atomic mass is 9.81. The molecule has 1 aliphatic carbocycles. The molecule has 0 saturated heterocycles. The summed E-state index contributed by atoms with van der Waals surface area (Å²) in [5.74, 6) is 1.20. The van der Waals surface area contributed by atoms with E-state index in [1.54, 1.807) is 0 Å². The highest BCUT2D eigenvalue weighted by Crippen LogP contribution is 2.30. The maximum Gasteiger partial charge on any atom is 0.223 e. The number of amides is 1. The van der Waals surface area contributed by atoms with E-state index >= 15 is 0 Å². The zero-order chi connectivity index (χ0) is 10.1. The molecular weight excluding hydrogens is 162 g/mol. The molecule has 1 N–H and O–H groups in total. The molecule has 0 aromatic carbocycles. The van der Waals surface area contributed by atoms with Crippen LogP contribution in [0, 0.1) is 17.3 Å². The van der Waals surface area contributed by atoms with Crippen LogP contribution in [0.5, 0.6) is 0 Å². The number of rotatable bonds is 4. The first-order valence-corrected chi connectivity index (χ1v) is 5.21. The van der Waals surface area contributed by atoms with E-state index in [9.17, 15) is 4.79 Å². The quantitative estimate of drug-likeness (QED) is 0.711. The van der Waals surface area contributed by atoms with Crippen molar-refractivity contribution in [2.75, 3.05) is 6.54 Å². The van der Waals surface area contributed by atoms with Gasteiger partial charge in [0.2, 0.25) is 5.91 Å². The zero-order valence-electron chi connectivity index (χ0n) is 9.18. The Morgan fingerprint density at radius 1 is 1.46 bits per heavy atom. The Balaban J connectivity index is 2.27. The summed E-state index contributed by atoms with van der Waals surface area (Å²) >= 11 is 0. The van der Waals surface area contributed by atoms with Gasteiger partial charge in [0.1, 0.15) is 0 Å². The number of hydrogen-bond acceptors (Lipinski definition) is 1. The molecule has 0 aliphatic heterocycles. The van der Waals surface area contributed by atoms with E-state index in [0.717, 1.165) is 19.4 Å². The molecule has 1 rings (SSSR count). The number of nitrogens with one attached hydrogen (secondary N) is 1. The van der Waals surface area contributed by atoms with Crippen LogP contribution >= 0.6 is 0 Å². The van der Waals surface area contributed by atoms with Gasteiger partial charge < -0.3 is 5.32 Å². The van der Waals surface area contributed by atoms with Crippen LogP contribution in [-0.4, -0.2) is 12.5 Å². The van der Waals surface area contributed by atoms with E-state index in [4.69, 9.17) is 0 Å². The third kappa shape index (κ3) is 3.02. The van der Waals surface area contributed by atoms with E-state index in [1.807, 2.05) is 0 Å². The maximum absolute atomic E-state index is 11.4. The van der Waals surface area contributed by atoms with Gasteiger partial charge in [-0.3, -0.25) is 4.79 Å². The fourth-order valence-corrected chi connectivity index (χ4v) is 1.01. The first-order chi connectivity index (χ1) is 5.93. The predicted octanol–water partition coefficient (Wildman–Crippen LogP) is 2.19. The van der Waals surface area contributed by atoms with Gasteiger partial charge in [0.05, 0.1) is 0 Å². The van der Waals surface area contributed by atoms with Crippen molar-refractivity contribution in [3.05, 3.63) is 0 Å². The summed E-state index contributed by atoms with van der Waals surface area (Å²) in [4.78, 5) is 11.4. The average Bonchev–Trinajstić information content (AvgIpc) is 2.82. The van der Waals surface area contributed by atoms with E-state index in [-0.39, 0.29) is 11.3 Å². The minimum absolute atomic E-state index is 0.213. The Morgan fingerprint density at radius 2 is 2.00 bits per heavy atom. The highest BCUT2D eigenvalue weighted by molar-refractivity contribution is 5.80. The molecule has 1 fully saturated rings. The van der Waals surface area contributed by atoms with Crippen molar-refractivity contribution < 1.29 is 4.79 Å². The van der Waals surface area contributed by atoms with Crippen molar-refractivity contribution in [1.82, 2.24) is 5.32 Å². The van der Waals surface area contributed by atoms with Crippen LogP contribution in [0.3, 0.4) is 0 Å². The van der Waals surface area contributed by atoms with Gasteiger partial charge in [0.15, 0.2) is 0 Å². The molecule has 0 aromatic heterocycles. The number of carbonyl (C=O) groups excluding carboxylic acids is 1.